The molecule has 19 heavy (non-hydrogen) atoms. The van der Waals surface area contributed by atoms with E-state index in [1.54, 1.807) is 13.0 Å². The lowest BCUT2D eigenvalue weighted by Crippen LogP contribution is -2.20. The molecule has 0 unspecified atom stereocenters. The van der Waals surface area contributed by atoms with Crippen LogP contribution in [0.25, 0.3) is 5.57 Å². The number of nitrogens with zero attached hydrogens (tertiary/aromatic N) is 1. The quantitative estimate of drug-likeness (QED) is 0.621. The second kappa shape index (κ2) is 5.93. The van der Waals surface area contributed by atoms with Gasteiger partial charge >= 0.3 is 5.97 Å². The van der Waals surface area contributed by atoms with Gasteiger partial charge in [0.25, 0.3) is 0 Å². The highest BCUT2D eigenvalue weighted by molar-refractivity contribution is 5.98. The Morgan fingerprint density at radius 3 is 3.11 bits per heavy atom. The Morgan fingerprint density at radius 1 is 1.58 bits per heavy atom. The van der Waals surface area contributed by atoms with Gasteiger partial charge < -0.3 is 9.47 Å². The summed E-state index contributed by atoms with van der Waals surface area (Å²) in [7, 11) is 0. The van der Waals surface area contributed by atoms with Crippen molar-refractivity contribution in [1.82, 2.24) is 4.98 Å². The van der Waals surface area contributed by atoms with Crippen molar-refractivity contribution in [2.75, 3.05) is 19.8 Å². The van der Waals surface area contributed by atoms with Crippen LogP contribution in [-0.4, -0.2) is 30.8 Å². The average Bonchev–Trinajstić information content (AvgIpc) is 2.42. The summed E-state index contributed by atoms with van der Waals surface area (Å²) in [4.78, 5) is 15.6. The van der Waals surface area contributed by atoms with E-state index in [9.17, 15) is 9.18 Å². The maximum Gasteiger partial charge on any atom is 0.336 e. The van der Waals surface area contributed by atoms with Gasteiger partial charge in [0.05, 0.1) is 25.4 Å². The van der Waals surface area contributed by atoms with Crippen LogP contribution in [0.4, 0.5) is 4.39 Å². The molecule has 0 radical (unpaired) electrons. The van der Waals surface area contributed by atoms with Gasteiger partial charge in [-0.2, -0.15) is 4.39 Å². The first-order valence-electron chi connectivity index (χ1n) is 6.23. The van der Waals surface area contributed by atoms with Crippen molar-refractivity contribution < 1.29 is 18.7 Å². The Labute approximate surface area is 111 Å². The number of hydrogen-bond donors (Lipinski definition) is 0. The molecule has 1 aromatic rings. The van der Waals surface area contributed by atoms with Gasteiger partial charge in [0.2, 0.25) is 5.95 Å². The smallest absolute Gasteiger partial charge is 0.336 e. The fraction of sp³-hybridized carbons (Fsp3) is 0.429. The molecule has 0 saturated heterocycles. The summed E-state index contributed by atoms with van der Waals surface area (Å²) in [5.41, 5.74) is 2.24. The normalized spacial score (nSPS) is 15.5. The maximum absolute atomic E-state index is 13.8. The van der Waals surface area contributed by atoms with Gasteiger partial charge in [-0.1, -0.05) is 0 Å². The van der Waals surface area contributed by atoms with E-state index >= 15 is 0 Å². The highest BCUT2D eigenvalue weighted by Gasteiger charge is 2.24. The number of halogens is 1. The zero-order chi connectivity index (χ0) is 13.8. The number of aryl methyl sites for hydroxylation is 1. The molecule has 1 aliphatic heterocycles. The lowest BCUT2D eigenvalue weighted by Gasteiger charge is -2.20. The Bertz CT molecular complexity index is 525. The third-order valence-corrected chi connectivity index (χ3v) is 2.93. The molecular formula is C14H16FNO3. The van der Waals surface area contributed by atoms with E-state index in [4.69, 9.17) is 9.47 Å². The first-order chi connectivity index (χ1) is 9.13. The molecule has 4 nitrogen and oxygen atoms in total. The SMILES string of the molecule is CCOC(=O)C1=C(c2cc(C)cnc2F)CCOC1. The zero-order valence-corrected chi connectivity index (χ0v) is 11.0. The second-order valence-corrected chi connectivity index (χ2v) is 4.33. The zero-order valence-electron chi connectivity index (χ0n) is 11.0. The summed E-state index contributed by atoms with van der Waals surface area (Å²) in [6, 6.07) is 1.70. The molecule has 2 heterocycles. The summed E-state index contributed by atoms with van der Waals surface area (Å²) in [5.74, 6) is -1.01. The molecule has 0 saturated carbocycles. The lowest BCUT2D eigenvalue weighted by molar-refractivity contribution is -0.139. The van der Waals surface area contributed by atoms with E-state index in [0.717, 1.165) is 5.56 Å². The number of esters is 1. The van der Waals surface area contributed by atoms with Gasteiger partial charge in [-0.25, -0.2) is 9.78 Å². The number of ether oxygens (including phenoxy) is 2. The van der Waals surface area contributed by atoms with Crippen LogP contribution >= 0.6 is 0 Å². The summed E-state index contributed by atoms with van der Waals surface area (Å²) < 4.78 is 24.1. The number of carbonyl (C=O) groups excluding carboxylic acids is 1. The number of hydrogen-bond acceptors (Lipinski definition) is 4. The lowest BCUT2D eigenvalue weighted by atomic mass is 9.96. The molecule has 0 amide bonds. The maximum atomic E-state index is 13.8. The van der Waals surface area contributed by atoms with Gasteiger partial charge in [0, 0.05) is 11.8 Å². The molecule has 0 fully saturated rings. The molecule has 1 aromatic heterocycles. The van der Waals surface area contributed by atoms with E-state index in [1.807, 2.05) is 6.92 Å². The van der Waals surface area contributed by atoms with E-state index in [-0.39, 0.29) is 13.2 Å². The van der Waals surface area contributed by atoms with Gasteiger partial charge in [-0.05, 0) is 37.5 Å². The molecule has 5 heteroatoms. The van der Waals surface area contributed by atoms with Crippen LogP contribution in [-0.2, 0) is 14.3 Å². The molecule has 0 N–H and O–H groups in total. The standard InChI is InChI=1S/C14H16FNO3/c1-3-19-14(17)12-8-18-5-4-10(12)11-6-9(2)7-16-13(11)15/h6-7H,3-5,8H2,1-2H3. The van der Waals surface area contributed by atoms with Gasteiger partial charge in [0.1, 0.15) is 0 Å². The summed E-state index contributed by atoms with van der Waals surface area (Å²) in [6.45, 7) is 4.47. The molecule has 0 aromatic carbocycles. The van der Waals surface area contributed by atoms with Crippen LogP contribution in [0.3, 0.4) is 0 Å². The average molecular weight is 265 g/mol. The van der Waals surface area contributed by atoms with Crippen LogP contribution in [0.2, 0.25) is 0 Å². The second-order valence-electron chi connectivity index (χ2n) is 4.33. The monoisotopic (exact) mass is 265 g/mol. The topological polar surface area (TPSA) is 48.4 Å². The minimum atomic E-state index is -0.565. The Morgan fingerprint density at radius 2 is 2.37 bits per heavy atom. The highest BCUT2D eigenvalue weighted by atomic mass is 19.1. The Kier molecular flexibility index (Phi) is 4.27. The van der Waals surface area contributed by atoms with E-state index in [2.05, 4.69) is 4.98 Å². The van der Waals surface area contributed by atoms with Gasteiger partial charge in [-0.3, -0.25) is 0 Å². The predicted molar refractivity (Wildman–Crippen MR) is 67.9 cm³/mol. The molecular weight excluding hydrogens is 249 g/mol. The molecule has 0 spiro atoms. The third-order valence-electron chi connectivity index (χ3n) is 2.93. The van der Waals surface area contributed by atoms with Crippen LogP contribution in [0, 0.1) is 12.9 Å². The van der Waals surface area contributed by atoms with Crippen LogP contribution < -0.4 is 0 Å². The molecule has 0 aliphatic carbocycles. The third kappa shape index (κ3) is 2.98. The summed E-state index contributed by atoms with van der Waals surface area (Å²) in [5, 5.41) is 0. The first-order valence-corrected chi connectivity index (χ1v) is 6.23. The Hall–Kier alpha value is -1.75. The molecule has 2 rings (SSSR count). The van der Waals surface area contributed by atoms with Gasteiger partial charge in [0.15, 0.2) is 0 Å². The van der Waals surface area contributed by atoms with Crippen molar-refractivity contribution in [3.63, 3.8) is 0 Å². The van der Waals surface area contributed by atoms with Crippen molar-refractivity contribution in [3.05, 3.63) is 34.9 Å². The Balaban J connectivity index is 2.47. The van der Waals surface area contributed by atoms with Crippen LogP contribution in [0.5, 0.6) is 0 Å². The molecule has 0 atom stereocenters. The fourth-order valence-electron chi connectivity index (χ4n) is 2.05. The van der Waals surface area contributed by atoms with Crippen molar-refractivity contribution in [3.8, 4) is 0 Å². The van der Waals surface area contributed by atoms with Crippen molar-refractivity contribution in [2.24, 2.45) is 0 Å². The van der Waals surface area contributed by atoms with Crippen LogP contribution in [0.1, 0.15) is 24.5 Å². The van der Waals surface area contributed by atoms with Crippen molar-refractivity contribution in [2.45, 2.75) is 20.3 Å². The van der Waals surface area contributed by atoms with E-state index in [1.165, 1.54) is 6.20 Å². The minimum Gasteiger partial charge on any atom is -0.463 e. The number of carbonyl (C=O) groups is 1. The largest absolute Gasteiger partial charge is 0.463 e. The molecule has 0 bridgehead atoms. The summed E-state index contributed by atoms with van der Waals surface area (Å²) in [6.07, 6.45) is 1.94. The first kappa shape index (κ1) is 13.7. The van der Waals surface area contributed by atoms with E-state index in [0.29, 0.717) is 29.7 Å². The number of pyridine rings is 1. The highest BCUT2D eigenvalue weighted by Crippen LogP contribution is 2.28. The molecule has 102 valence electrons. The van der Waals surface area contributed by atoms with Crippen LogP contribution in [0.15, 0.2) is 17.8 Å². The summed E-state index contributed by atoms with van der Waals surface area (Å²) >= 11 is 0. The number of aromatic nitrogens is 1. The number of rotatable bonds is 3. The minimum absolute atomic E-state index is 0.154. The van der Waals surface area contributed by atoms with Crippen molar-refractivity contribution in [1.29, 1.82) is 0 Å². The fourth-order valence-corrected chi connectivity index (χ4v) is 2.05. The van der Waals surface area contributed by atoms with Gasteiger partial charge in [-0.15, -0.1) is 0 Å². The predicted octanol–water partition coefficient (Wildman–Crippen LogP) is 2.27. The molecule has 1 aliphatic rings. The van der Waals surface area contributed by atoms with E-state index < -0.39 is 11.9 Å². The van der Waals surface area contributed by atoms with Crippen molar-refractivity contribution >= 4 is 11.5 Å².